The molecule has 0 spiro atoms. The van der Waals surface area contributed by atoms with E-state index < -0.39 is 0 Å². The lowest BCUT2D eigenvalue weighted by molar-refractivity contribution is 0.0739. The first kappa shape index (κ1) is 16.1. The number of hydrogen-bond acceptors (Lipinski definition) is 3. The molecule has 23 heavy (non-hydrogen) atoms. The SMILES string of the molecule is Cc1nc(C(C)C)sc1C(=O)N1CCCC1c1ccc(F)cc1. The van der Waals surface area contributed by atoms with Crippen LogP contribution in [0.25, 0.3) is 0 Å². The predicted octanol–water partition coefficient (Wildman–Crippen LogP) is 4.69. The minimum Gasteiger partial charge on any atom is -0.331 e. The molecule has 122 valence electrons. The highest BCUT2D eigenvalue weighted by molar-refractivity contribution is 7.13. The lowest BCUT2D eigenvalue weighted by atomic mass is 10.0. The maximum atomic E-state index is 13.1. The highest BCUT2D eigenvalue weighted by Gasteiger charge is 2.32. The number of nitrogens with zero attached hydrogens (tertiary/aromatic N) is 2. The van der Waals surface area contributed by atoms with Crippen LogP contribution in [0.4, 0.5) is 4.39 Å². The lowest BCUT2D eigenvalue weighted by Gasteiger charge is -2.24. The van der Waals surface area contributed by atoms with Crippen LogP contribution in [-0.4, -0.2) is 22.3 Å². The van der Waals surface area contributed by atoms with Gasteiger partial charge in [-0.25, -0.2) is 9.37 Å². The van der Waals surface area contributed by atoms with Crippen molar-refractivity contribution in [1.82, 2.24) is 9.88 Å². The maximum Gasteiger partial charge on any atom is 0.266 e. The molecule has 1 aliphatic heterocycles. The Bertz CT molecular complexity index is 708. The second-order valence-corrected chi connectivity index (χ2v) is 7.36. The molecular formula is C18H21FN2OS. The van der Waals surface area contributed by atoms with E-state index in [1.165, 1.54) is 23.5 Å². The van der Waals surface area contributed by atoms with Crippen LogP contribution in [0, 0.1) is 12.7 Å². The molecule has 0 radical (unpaired) electrons. The molecule has 2 heterocycles. The molecule has 1 fully saturated rings. The molecule has 1 aromatic carbocycles. The van der Waals surface area contributed by atoms with E-state index >= 15 is 0 Å². The van der Waals surface area contributed by atoms with Gasteiger partial charge in [0.15, 0.2) is 0 Å². The third-order valence-electron chi connectivity index (χ3n) is 4.27. The van der Waals surface area contributed by atoms with Crippen LogP contribution in [-0.2, 0) is 0 Å². The number of benzene rings is 1. The first-order chi connectivity index (χ1) is 11.0. The number of likely N-dealkylation sites (tertiary alicyclic amines) is 1. The average Bonchev–Trinajstić information content (AvgIpc) is 3.14. The lowest BCUT2D eigenvalue weighted by Crippen LogP contribution is -2.30. The largest absolute Gasteiger partial charge is 0.331 e. The molecule has 1 atom stereocenters. The van der Waals surface area contributed by atoms with Crippen LogP contribution >= 0.6 is 11.3 Å². The molecule has 3 nitrogen and oxygen atoms in total. The second kappa shape index (κ2) is 6.40. The highest BCUT2D eigenvalue weighted by atomic mass is 32.1. The molecule has 2 aromatic rings. The number of aromatic nitrogens is 1. The third kappa shape index (κ3) is 3.15. The van der Waals surface area contributed by atoms with Gasteiger partial charge in [0.2, 0.25) is 0 Å². The van der Waals surface area contributed by atoms with Gasteiger partial charge in [-0.15, -0.1) is 11.3 Å². The molecule has 0 saturated carbocycles. The van der Waals surface area contributed by atoms with Crippen LogP contribution in [0.5, 0.6) is 0 Å². The maximum absolute atomic E-state index is 13.1. The monoisotopic (exact) mass is 332 g/mol. The van der Waals surface area contributed by atoms with Gasteiger partial charge in [0.05, 0.1) is 16.7 Å². The fourth-order valence-corrected chi connectivity index (χ4v) is 4.06. The van der Waals surface area contributed by atoms with E-state index in [2.05, 4.69) is 18.8 Å². The Kier molecular flexibility index (Phi) is 4.48. The molecule has 1 amide bonds. The quantitative estimate of drug-likeness (QED) is 0.817. The van der Waals surface area contributed by atoms with E-state index in [1.807, 2.05) is 11.8 Å². The Morgan fingerprint density at radius 2 is 2.04 bits per heavy atom. The Labute approximate surface area is 140 Å². The fraction of sp³-hybridized carbons (Fsp3) is 0.444. The molecule has 5 heteroatoms. The van der Waals surface area contributed by atoms with Gasteiger partial charge in [0.25, 0.3) is 5.91 Å². The zero-order valence-corrected chi connectivity index (χ0v) is 14.5. The van der Waals surface area contributed by atoms with Gasteiger partial charge in [0.1, 0.15) is 10.7 Å². The zero-order valence-electron chi connectivity index (χ0n) is 13.7. The van der Waals surface area contributed by atoms with Crippen molar-refractivity contribution < 1.29 is 9.18 Å². The average molecular weight is 332 g/mol. The van der Waals surface area contributed by atoms with Gasteiger partial charge in [-0.2, -0.15) is 0 Å². The van der Waals surface area contributed by atoms with Crippen molar-refractivity contribution in [3.63, 3.8) is 0 Å². The van der Waals surface area contributed by atoms with Crippen molar-refractivity contribution in [2.75, 3.05) is 6.54 Å². The number of aryl methyl sites for hydroxylation is 1. The number of carbonyl (C=O) groups excluding carboxylic acids is 1. The Balaban J connectivity index is 1.87. The van der Waals surface area contributed by atoms with Crippen LogP contribution < -0.4 is 0 Å². The Morgan fingerprint density at radius 1 is 1.35 bits per heavy atom. The summed E-state index contributed by atoms with van der Waals surface area (Å²) in [6, 6.07) is 6.53. The summed E-state index contributed by atoms with van der Waals surface area (Å²) in [4.78, 5) is 20.2. The van der Waals surface area contributed by atoms with Crippen LogP contribution in [0.3, 0.4) is 0 Å². The third-order valence-corrected chi connectivity index (χ3v) is 5.72. The highest BCUT2D eigenvalue weighted by Crippen LogP contribution is 2.35. The normalized spacial score (nSPS) is 18.0. The van der Waals surface area contributed by atoms with E-state index in [9.17, 15) is 9.18 Å². The standard InChI is InChI=1S/C18H21FN2OS/c1-11(2)17-20-12(3)16(23-17)18(22)21-10-4-5-15(21)13-6-8-14(19)9-7-13/h6-9,11,15H,4-5,10H2,1-3H3. The second-order valence-electron chi connectivity index (χ2n) is 6.33. The fourth-order valence-electron chi connectivity index (χ4n) is 3.03. The number of amides is 1. The molecule has 1 saturated heterocycles. The summed E-state index contributed by atoms with van der Waals surface area (Å²) in [5.41, 5.74) is 1.82. The topological polar surface area (TPSA) is 33.2 Å². The van der Waals surface area contributed by atoms with Crippen molar-refractivity contribution in [2.45, 2.75) is 45.6 Å². The first-order valence-electron chi connectivity index (χ1n) is 8.01. The minimum absolute atomic E-state index is 0.0344. The summed E-state index contributed by atoms with van der Waals surface area (Å²) in [6.07, 6.45) is 1.90. The van der Waals surface area contributed by atoms with Crippen molar-refractivity contribution in [1.29, 1.82) is 0 Å². The van der Waals surface area contributed by atoms with Gasteiger partial charge >= 0.3 is 0 Å². The molecule has 1 aromatic heterocycles. The summed E-state index contributed by atoms with van der Waals surface area (Å²) in [6.45, 7) is 6.82. The molecule has 1 aliphatic rings. The number of halogens is 1. The van der Waals surface area contributed by atoms with Gasteiger partial charge in [-0.05, 0) is 37.5 Å². The van der Waals surface area contributed by atoms with Crippen molar-refractivity contribution >= 4 is 17.2 Å². The van der Waals surface area contributed by atoms with E-state index in [0.29, 0.717) is 5.92 Å². The summed E-state index contributed by atoms with van der Waals surface area (Å²) >= 11 is 1.50. The van der Waals surface area contributed by atoms with E-state index in [0.717, 1.165) is 40.5 Å². The van der Waals surface area contributed by atoms with E-state index in [-0.39, 0.29) is 17.8 Å². The summed E-state index contributed by atoms with van der Waals surface area (Å²) < 4.78 is 13.1. The molecule has 0 N–H and O–H groups in total. The van der Waals surface area contributed by atoms with Crippen molar-refractivity contribution in [2.24, 2.45) is 0 Å². The smallest absolute Gasteiger partial charge is 0.266 e. The van der Waals surface area contributed by atoms with Gasteiger partial charge < -0.3 is 4.90 Å². The Hall–Kier alpha value is -1.75. The summed E-state index contributed by atoms with van der Waals surface area (Å²) in [5.74, 6) is 0.134. The van der Waals surface area contributed by atoms with E-state index in [4.69, 9.17) is 0 Å². The number of carbonyl (C=O) groups is 1. The number of hydrogen-bond donors (Lipinski definition) is 0. The van der Waals surface area contributed by atoms with Gasteiger partial charge in [-0.1, -0.05) is 26.0 Å². The summed E-state index contributed by atoms with van der Waals surface area (Å²) in [7, 11) is 0. The summed E-state index contributed by atoms with van der Waals surface area (Å²) in [5, 5.41) is 1.00. The number of thiazole rings is 1. The molecule has 3 rings (SSSR count). The van der Waals surface area contributed by atoms with Gasteiger partial charge in [0, 0.05) is 12.5 Å². The first-order valence-corrected chi connectivity index (χ1v) is 8.82. The molecular weight excluding hydrogens is 311 g/mol. The Morgan fingerprint density at radius 3 is 2.65 bits per heavy atom. The van der Waals surface area contributed by atoms with E-state index in [1.54, 1.807) is 12.1 Å². The predicted molar refractivity (Wildman–Crippen MR) is 90.4 cm³/mol. The van der Waals surface area contributed by atoms with Gasteiger partial charge in [-0.3, -0.25) is 4.79 Å². The van der Waals surface area contributed by atoms with Crippen LogP contribution in [0.1, 0.15) is 64.6 Å². The molecule has 0 aliphatic carbocycles. The van der Waals surface area contributed by atoms with Crippen molar-refractivity contribution in [3.05, 3.63) is 51.2 Å². The van der Waals surface area contributed by atoms with Crippen LogP contribution in [0.2, 0.25) is 0 Å². The van der Waals surface area contributed by atoms with Crippen molar-refractivity contribution in [3.8, 4) is 0 Å². The molecule has 1 unspecified atom stereocenters. The minimum atomic E-state index is -0.246. The zero-order chi connectivity index (χ0) is 16.6. The van der Waals surface area contributed by atoms with Crippen LogP contribution in [0.15, 0.2) is 24.3 Å². The molecule has 0 bridgehead atoms. The number of rotatable bonds is 3.